The van der Waals surface area contributed by atoms with Crippen LogP contribution in [0, 0.1) is 0 Å². The summed E-state index contributed by atoms with van der Waals surface area (Å²) in [6.07, 6.45) is 0.655. The number of aldehydes is 1. The number of benzene rings is 2. The molecule has 0 atom stereocenters. The second kappa shape index (κ2) is 4.44. The number of phenols is 1. The van der Waals surface area contributed by atoms with E-state index in [0.29, 0.717) is 11.8 Å². The van der Waals surface area contributed by atoms with Gasteiger partial charge >= 0.3 is 23.1 Å². The summed E-state index contributed by atoms with van der Waals surface area (Å²) in [6, 6.07) is 10.9. The second-order valence-corrected chi connectivity index (χ2v) is 2.88. The maximum Gasteiger partial charge on any atom is 0.316 e. The molecular formula is C11H10MgO2. The van der Waals surface area contributed by atoms with E-state index in [4.69, 9.17) is 0 Å². The molecule has 2 rings (SSSR count). The van der Waals surface area contributed by atoms with Crippen molar-refractivity contribution in [3.05, 3.63) is 42.0 Å². The van der Waals surface area contributed by atoms with Gasteiger partial charge in [-0.05, 0) is 22.9 Å². The Labute approximate surface area is 97.7 Å². The van der Waals surface area contributed by atoms with Gasteiger partial charge in [0.25, 0.3) is 0 Å². The molecule has 0 saturated carbocycles. The van der Waals surface area contributed by atoms with Crippen molar-refractivity contribution in [2.24, 2.45) is 0 Å². The van der Waals surface area contributed by atoms with Crippen molar-refractivity contribution in [3.8, 4) is 5.75 Å². The third kappa shape index (κ3) is 1.88. The molecule has 2 aromatic rings. The summed E-state index contributed by atoms with van der Waals surface area (Å²) in [7, 11) is 0. The largest absolute Gasteiger partial charge is 0.507 e. The first-order chi connectivity index (χ1) is 6.31. The third-order valence-electron chi connectivity index (χ3n) is 2.02. The highest BCUT2D eigenvalue weighted by Crippen LogP contribution is 2.23. The Morgan fingerprint density at radius 1 is 1.07 bits per heavy atom. The molecule has 1 N–H and O–H groups in total. The van der Waals surface area contributed by atoms with E-state index in [9.17, 15) is 9.90 Å². The fourth-order valence-electron chi connectivity index (χ4n) is 1.34. The standard InChI is InChI=1S/C11H8O2.Mg.2H/c12-7-10-5-8-3-1-2-4-9(8)6-11(10)13;;;/h1-7,13H;;;. The molecule has 14 heavy (non-hydrogen) atoms. The molecule has 0 aromatic heterocycles. The van der Waals surface area contributed by atoms with Crippen molar-refractivity contribution in [1.29, 1.82) is 0 Å². The average molecular weight is 199 g/mol. The average Bonchev–Trinajstić information content (AvgIpc) is 2.17. The summed E-state index contributed by atoms with van der Waals surface area (Å²) < 4.78 is 0. The Kier molecular flexibility index (Phi) is 3.49. The SMILES string of the molecule is O=Cc1cc2ccccc2cc1O.[MgH2]. The lowest BCUT2D eigenvalue weighted by Crippen LogP contribution is -1.81. The Balaban J connectivity index is 0.000000980. The Bertz CT molecular complexity index is 466. The van der Waals surface area contributed by atoms with Gasteiger partial charge in [0, 0.05) is 0 Å². The van der Waals surface area contributed by atoms with Crippen LogP contribution in [0.5, 0.6) is 5.75 Å². The Morgan fingerprint density at radius 2 is 1.64 bits per heavy atom. The van der Waals surface area contributed by atoms with Gasteiger partial charge in [-0.15, -0.1) is 0 Å². The summed E-state index contributed by atoms with van der Waals surface area (Å²) in [4.78, 5) is 10.5. The molecular weight excluding hydrogens is 188 g/mol. The van der Waals surface area contributed by atoms with Crippen molar-refractivity contribution < 1.29 is 9.90 Å². The fourth-order valence-corrected chi connectivity index (χ4v) is 1.34. The molecule has 0 fully saturated rings. The molecule has 0 aliphatic rings. The smallest absolute Gasteiger partial charge is 0.316 e. The highest BCUT2D eigenvalue weighted by Gasteiger charge is 2.01. The van der Waals surface area contributed by atoms with E-state index in [1.165, 1.54) is 0 Å². The maximum atomic E-state index is 10.5. The summed E-state index contributed by atoms with van der Waals surface area (Å²) in [6.45, 7) is 0. The van der Waals surface area contributed by atoms with Crippen molar-refractivity contribution in [2.75, 3.05) is 0 Å². The molecule has 0 unspecified atom stereocenters. The minimum atomic E-state index is 0. The van der Waals surface area contributed by atoms with E-state index in [2.05, 4.69) is 0 Å². The zero-order valence-electron chi connectivity index (χ0n) is 6.90. The quantitative estimate of drug-likeness (QED) is 0.556. The molecule has 0 spiro atoms. The summed E-state index contributed by atoms with van der Waals surface area (Å²) >= 11 is 0. The monoisotopic (exact) mass is 198 g/mol. The van der Waals surface area contributed by atoms with E-state index in [-0.39, 0.29) is 28.8 Å². The number of fused-ring (bicyclic) bond motifs is 1. The van der Waals surface area contributed by atoms with Gasteiger partial charge in [0.1, 0.15) is 5.75 Å². The maximum absolute atomic E-state index is 10.5. The minimum absolute atomic E-state index is 0. The lowest BCUT2D eigenvalue weighted by Gasteiger charge is -2.00. The number of rotatable bonds is 1. The molecule has 0 bridgehead atoms. The van der Waals surface area contributed by atoms with E-state index in [1.807, 2.05) is 24.3 Å². The van der Waals surface area contributed by atoms with E-state index in [0.717, 1.165) is 10.8 Å². The number of carbonyl (C=O) groups is 1. The fraction of sp³-hybridized carbons (Fsp3) is 0. The predicted octanol–water partition coefficient (Wildman–Crippen LogP) is 1.44. The lowest BCUT2D eigenvalue weighted by molar-refractivity contribution is 0.112. The number of aromatic hydroxyl groups is 1. The van der Waals surface area contributed by atoms with E-state index in [1.54, 1.807) is 12.1 Å². The molecule has 0 heterocycles. The first kappa shape index (κ1) is 11.0. The van der Waals surface area contributed by atoms with Crippen LogP contribution in [-0.2, 0) is 0 Å². The number of phenolic OH excluding ortho intramolecular Hbond substituents is 1. The van der Waals surface area contributed by atoms with Crippen LogP contribution in [0.15, 0.2) is 36.4 Å². The highest BCUT2D eigenvalue weighted by atomic mass is 24.3. The van der Waals surface area contributed by atoms with E-state index >= 15 is 0 Å². The van der Waals surface area contributed by atoms with Gasteiger partial charge in [0.15, 0.2) is 6.29 Å². The van der Waals surface area contributed by atoms with Gasteiger partial charge in [-0.25, -0.2) is 0 Å². The van der Waals surface area contributed by atoms with Crippen molar-refractivity contribution >= 4 is 40.1 Å². The molecule has 0 amide bonds. The summed E-state index contributed by atoms with van der Waals surface area (Å²) in [5.74, 6) is 0.0358. The van der Waals surface area contributed by atoms with Gasteiger partial charge < -0.3 is 5.11 Å². The number of carbonyl (C=O) groups excluding carboxylic acids is 1. The van der Waals surface area contributed by atoms with Crippen LogP contribution >= 0.6 is 0 Å². The second-order valence-electron chi connectivity index (χ2n) is 2.88. The summed E-state index contributed by atoms with van der Waals surface area (Å²) in [5, 5.41) is 11.3. The minimum Gasteiger partial charge on any atom is -0.507 e. The van der Waals surface area contributed by atoms with Crippen LogP contribution < -0.4 is 0 Å². The van der Waals surface area contributed by atoms with Gasteiger partial charge in [-0.3, -0.25) is 4.79 Å². The van der Waals surface area contributed by atoms with Crippen LogP contribution in [0.25, 0.3) is 10.8 Å². The molecule has 0 saturated heterocycles. The molecule has 0 radical (unpaired) electrons. The Morgan fingerprint density at radius 3 is 2.21 bits per heavy atom. The molecule has 0 aliphatic heterocycles. The molecule has 0 aliphatic carbocycles. The predicted molar refractivity (Wildman–Crippen MR) is 59.5 cm³/mol. The zero-order valence-corrected chi connectivity index (χ0v) is 6.90. The molecule has 2 aromatic carbocycles. The van der Waals surface area contributed by atoms with Gasteiger partial charge in [-0.1, -0.05) is 24.3 Å². The van der Waals surface area contributed by atoms with Crippen molar-refractivity contribution in [3.63, 3.8) is 0 Å². The van der Waals surface area contributed by atoms with E-state index < -0.39 is 0 Å². The molecule has 3 heteroatoms. The van der Waals surface area contributed by atoms with Crippen molar-refractivity contribution in [1.82, 2.24) is 0 Å². The third-order valence-corrected chi connectivity index (χ3v) is 2.02. The van der Waals surface area contributed by atoms with Crippen LogP contribution in [0.3, 0.4) is 0 Å². The topological polar surface area (TPSA) is 37.3 Å². The van der Waals surface area contributed by atoms with Gasteiger partial charge in [-0.2, -0.15) is 0 Å². The van der Waals surface area contributed by atoms with Gasteiger partial charge in [0.2, 0.25) is 0 Å². The summed E-state index contributed by atoms with van der Waals surface area (Å²) in [5.41, 5.74) is 0.332. The first-order valence-corrected chi connectivity index (χ1v) is 3.98. The number of hydrogen-bond donors (Lipinski definition) is 1. The van der Waals surface area contributed by atoms with Crippen LogP contribution in [0.1, 0.15) is 10.4 Å². The molecule has 2 nitrogen and oxygen atoms in total. The normalized spacial score (nSPS) is 9.43. The van der Waals surface area contributed by atoms with Crippen LogP contribution in [0.2, 0.25) is 0 Å². The zero-order chi connectivity index (χ0) is 9.26. The van der Waals surface area contributed by atoms with Crippen LogP contribution in [0.4, 0.5) is 0 Å². The van der Waals surface area contributed by atoms with Crippen LogP contribution in [-0.4, -0.2) is 34.4 Å². The molecule has 68 valence electrons. The Hall–Kier alpha value is -1.06. The lowest BCUT2D eigenvalue weighted by atomic mass is 10.1. The highest BCUT2D eigenvalue weighted by molar-refractivity contribution is 5.91. The van der Waals surface area contributed by atoms with Gasteiger partial charge in [0.05, 0.1) is 5.56 Å². The van der Waals surface area contributed by atoms with Crippen molar-refractivity contribution in [2.45, 2.75) is 0 Å². The number of hydrogen-bond acceptors (Lipinski definition) is 2. The first-order valence-electron chi connectivity index (χ1n) is 3.98.